The Kier molecular flexibility index (Phi) is 3.46. The molecule has 0 fully saturated rings. The standard InChI is InChI=1S/C15H12FN3O3/c1-10-2-5-15-17-11(8-18(15)7-10)9-22-14-4-3-12(19(20)21)6-13(14)16/h2-8H,9H2,1H3. The molecule has 0 saturated carbocycles. The number of halogens is 1. The average Bonchev–Trinajstić information content (AvgIpc) is 2.87. The molecule has 0 unspecified atom stereocenters. The van der Waals surface area contributed by atoms with Crippen molar-refractivity contribution in [1.82, 2.24) is 9.38 Å². The van der Waals surface area contributed by atoms with Crippen molar-refractivity contribution in [2.45, 2.75) is 13.5 Å². The van der Waals surface area contributed by atoms with E-state index in [1.165, 1.54) is 12.1 Å². The number of nitro benzene ring substituents is 1. The molecule has 0 bridgehead atoms. The Morgan fingerprint density at radius 2 is 2.14 bits per heavy atom. The van der Waals surface area contributed by atoms with Crippen molar-refractivity contribution in [1.29, 1.82) is 0 Å². The number of aryl methyl sites for hydroxylation is 1. The Balaban J connectivity index is 1.77. The Bertz CT molecular complexity index is 860. The highest BCUT2D eigenvalue weighted by molar-refractivity contribution is 5.41. The second-order valence-electron chi connectivity index (χ2n) is 4.86. The molecule has 0 aliphatic carbocycles. The number of non-ortho nitro benzene ring substituents is 1. The van der Waals surface area contributed by atoms with E-state index in [1.807, 2.05) is 29.7 Å². The van der Waals surface area contributed by atoms with Gasteiger partial charge < -0.3 is 9.14 Å². The van der Waals surface area contributed by atoms with Crippen LogP contribution in [0.2, 0.25) is 0 Å². The molecule has 22 heavy (non-hydrogen) atoms. The van der Waals surface area contributed by atoms with E-state index in [4.69, 9.17) is 4.74 Å². The van der Waals surface area contributed by atoms with Crippen LogP contribution in [0, 0.1) is 22.9 Å². The lowest BCUT2D eigenvalue weighted by atomic mass is 10.3. The fraction of sp³-hybridized carbons (Fsp3) is 0.133. The van der Waals surface area contributed by atoms with Gasteiger partial charge in [0.2, 0.25) is 0 Å². The SMILES string of the molecule is Cc1ccc2nc(COc3ccc([N+](=O)[O-])cc3F)cn2c1. The van der Waals surface area contributed by atoms with Crippen LogP contribution in [0.1, 0.15) is 11.3 Å². The molecule has 6 nitrogen and oxygen atoms in total. The minimum Gasteiger partial charge on any atom is -0.484 e. The zero-order chi connectivity index (χ0) is 15.7. The Labute approximate surface area is 124 Å². The van der Waals surface area contributed by atoms with Crippen molar-refractivity contribution < 1.29 is 14.1 Å². The topological polar surface area (TPSA) is 69.7 Å². The van der Waals surface area contributed by atoms with Gasteiger partial charge in [0.1, 0.15) is 12.3 Å². The van der Waals surface area contributed by atoms with Crippen LogP contribution in [0.3, 0.4) is 0 Å². The van der Waals surface area contributed by atoms with Gasteiger partial charge in [-0.25, -0.2) is 9.37 Å². The van der Waals surface area contributed by atoms with Gasteiger partial charge in [0.05, 0.1) is 16.7 Å². The van der Waals surface area contributed by atoms with Crippen LogP contribution in [-0.2, 0) is 6.61 Å². The summed E-state index contributed by atoms with van der Waals surface area (Å²) in [6.07, 6.45) is 3.73. The molecule has 2 heterocycles. The largest absolute Gasteiger partial charge is 0.484 e. The molecule has 0 radical (unpaired) electrons. The predicted molar refractivity (Wildman–Crippen MR) is 77.3 cm³/mol. The summed E-state index contributed by atoms with van der Waals surface area (Å²) in [5.41, 5.74) is 2.20. The lowest BCUT2D eigenvalue weighted by Gasteiger charge is -2.04. The number of ether oxygens (including phenoxy) is 1. The molecule has 0 amide bonds. The van der Waals surface area contributed by atoms with Crippen LogP contribution >= 0.6 is 0 Å². The third-order valence-corrected chi connectivity index (χ3v) is 3.15. The van der Waals surface area contributed by atoms with Crippen LogP contribution in [-0.4, -0.2) is 14.3 Å². The second-order valence-corrected chi connectivity index (χ2v) is 4.86. The smallest absolute Gasteiger partial charge is 0.272 e. The minimum atomic E-state index is -0.770. The summed E-state index contributed by atoms with van der Waals surface area (Å²) in [6, 6.07) is 7.11. The summed E-state index contributed by atoms with van der Waals surface area (Å²) in [7, 11) is 0. The molecular weight excluding hydrogens is 289 g/mol. The number of pyridine rings is 1. The maximum Gasteiger partial charge on any atom is 0.272 e. The molecular formula is C15H12FN3O3. The summed E-state index contributed by atoms with van der Waals surface area (Å²) in [6.45, 7) is 2.05. The Morgan fingerprint density at radius 3 is 2.86 bits per heavy atom. The summed E-state index contributed by atoms with van der Waals surface area (Å²) in [5, 5.41) is 10.6. The van der Waals surface area contributed by atoms with Crippen molar-refractivity contribution in [2.75, 3.05) is 0 Å². The second kappa shape index (κ2) is 5.44. The molecule has 0 aliphatic rings. The summed E-state index contributed by atoms with van der Waals surface area (Å²) >= 11 is 0. The van der Waals surface area contributed by atoms with Gasteiger partial charge in [-0.1, -0.05) is 6.07 Å². The first kappa shape index (κ1) is 14.0. The van der Waals surface area contributed by atoms with Crippen molar-refractivity contribution >= 4 is 11.3 Å². The molecule has 0 saturated heterocycles. The summed E-state index contributed by atoms with van der Waals surface area (Å²) < 4.78 is 20.9. The molecule has 3 aromatic rings. The first-order valence-electron chi connectivity index (χ1n) is 6.54. The number of benzene rings is 1. The summed E-state index contributed by atoms with van der Waals surface area (Å²) in [4.78, 5) is 14.3. The zero-order valence-corrected chi connectivity index (χ0v) is 11.7. The third-order valence-electron chi connectivity index (χ3n) is 3.15. The maximum absolute atomic E-state index is 13.7. The lowest BCUT2D eigenvalue weighted by molar-refractivity contribution is -0.385. The van der Waals surface area contributed by atoms with Gasteiger partial charge in [-0.15, -0.1) is 0 Å². The molecule has 3 rings (SSSR count). The van der Waals surface area contributed by atoms with Gasteiger partial charge >= 0.3 is 0 Å². The van der Waals surface area contributed by atoms with Crippen LogP contribution in [0.5, 0.6) is 5.75 Å². The average molecular weight is 301 g/mol. The van der Waals surface area contributed by atoms with Crippen molar-refractivity contribution in [3.05, 3.63) is 69.9 Å². The van der Waals surface area contributed by atoms with Crippen molar-refractivity contribution in [2.24, 2.45) is 0 Å². The monoisotopic (exact) mass is 301 g/mol. The number of imidazole rings is 1. The van der Waals surface area contributed by atoms with Gasteiger partial charge in [-0.3, -0.25) is 10.1 Å². The number of hydrogen-bond donors (Lipinski definition) is 0. The van der Waals surface area contributed by atoms with E-state index in [0.29, 0.717) is 5.69 Å². The first-order valence-corrected chi connectivity index (χ1v) is 6.54. The van der Waals surface area contributed by atoms with E-state index in [2.05, 4.69) is 4.98 Å². The van der Waals surface area contributed by atoms with Crippen LogP contribution in [0.25, 0.3) is 5.65 Å². The van der Waals surface area contributed by atoms with Crippen LogP contribution in [0.4, 0.5) is 10.1 Å². The van der Waals surface area contributed by atoms with Crippen molar-refractivity contribution in [3.63, 3.8) is 0 Å². The van der Waals surface area contributed by atoms with E-state index < -0.39 is 10.7 Å². The van der Waals surface area contributed by atoms with E-state index in [9.17, 15) is 14.5 Å². The highest BCUT2D eigenvalue weighted by atomic mass is 19.1. The van der Waals surface area contributed by atoms with Gasteiger partial charge in [-0.2, -0.15) is 0 Å². The minimum absolute atomic E-state index is 0.0427. The molecule has 0 atom stereocenters. The molecule has 7 heteroatoms. The van der Waals surface area contributed by atoms with Gasteiger partial charge in [0.25, 0.3) is 5.69 Å². The Hall–Kier alpha value is -2.96. The number of nitro groups is 1. The fourth-order valence-electron chi connectivity index (χ4n) is 2.10. The fourth-order valence-corrected chi connectivity index (χ4v) is 2.10. The quantitative estimate of drug-likeness (QED) is 0.548. The summed E-state index contributed by atoms with van der Waals surface area (Å²) in [5.74, 6) is -0.812. The number of hydrogen-bond acceptors (Lipinski definition) is 4. The van der Waals surface area contributed by atoms with Gasteiger partial charge in [0, 0.05) is 18.5 Å². The molecule has 0 spiro atoms. The molecule has 112 valence electrons. The van der Waals surface area contributed by atoms with Gasteiger partial charge in [0.15, 0.2) is 11.6 Å². The Morgan fingerprint density at radius 1 is 1.32 bits per heavy atom. The van der Waals surface area contributed by atoms with Crippen LogP contribution < -0.4 is 4.74 Å². The highest BCUT2D eigenvalue weighted by Gasteiger charge is 2.12. The number of fused-ring (bicyclic) bond motifs is 1. The zero-order valence-electron chi connectivity index (χ0n) is 11.7. The third kappa shape index (κ3) is 2.73. The maximum atomic E-state index is 13.7. The first-order chi connectivity index (χ1) is 10.5. The van der Waals surface area contributed by atoms with E-state index in [-0.39, 0.29) is 18.0 Å². The van der Waals surface area contributed by atoms with E-state index in [0.717, 1.165) is 17.3 Å². The lowest BCUT2D eigenvalue weighted by Crippen LogP contribution is -1.98. The molecule has 2 aromatic heterocycles. The number of nitrogens with zero attached hydrogens (tertiary/aromatic N) is 3. The normalized spacial score (nSPS) is 10.8. The van der Waals surface area contributed by atoms with Crippen LogP contribution in [0.15, 0.2) is 42.7 Å². The highest BCUT2D eigenvalue weighted by Crippen LogP contribution is 2.23. The number of rotatable bonds is 4. The van der Waals surface area contributed by atoms with E-state index in [1.54, 1.807) is 6.20 Å². The molecule has 1 aromatic carbocycles. The van der Waals surface area contributed by atoms with Gasteiger partial charge in [-0.05, 0) is 24.6 Å². The molecule has 0 N–H and O–H groups in total. The predicted octanol–water partition coefficient (Wildman–Crippen LogP) is 3.27. The number of aromatic nitrogens is 2. The van der Waals surface area contributed by atoms with Crippen molar-refractivity contribution in [3.8, 4) is 5.75 Å². The molecule has 0 aliphatic heterocycles. The van der Waals surface area contributed by atoms with E-state index >= 15 is 0 Å².